The number of fused-ring (bicyclic) bond motifs is 1. The van der Waals surface area contributed by atoms with Crippen molar-refractivity contribution in [1.29, 1.82) is 0 Å². The van der Waals surface area contributed by atoms with E-state index in [1.807, 2.05) is 18.2 Å². The lowest BCUT2D eigenvalue weighted by molar-refractivity contribution is 0.0976. The minimum absolute atomic E-state index is 0.260. The second-order valence-electron chi connectivity index (χ2n) is 4.69. The number of aromatic nitrogens is 1. The van der Waals surface area contributed by atoms with E-state index < -0.39 is 0 Å². The Morgan fingerprint density at radius 3 is 3.05 bits per heavy atom. The first-order valence-corrected chi connectivity index (χ1v) is 7.22. The van der Waals surface area contributed by atoms with Gasteiger partial charge in [0.2, 0.25) is 0 Å². The van der Waals surface area contributed by atoms with Gasteiger partial charge in [-0.2, -0.15) is 0 Å². The number of rotatable bonds is 3. The molecule has 0 saturated heterocycles. The zero-order chi connectivity index (χ0) is 13.2. The molecule has 1 aromatic heterocycles. The number of ether oxygens (including phenoxy) is 1. The quantitative estimate of drug-likeness (QED) is 0.861. The van der Waals surface area contributed by atoms with Crippen molar-refractivity contribution in [2.75, 3.05) is 7.11 Å². The average Bonchev–Trinajstić information content (AvgIpc) is 2.83. The van der Waals surface area contributed by atoms with Crippen LogP contribution in [0.2, 0.25) is 0 Å². The molecule has 1 heterocycles. The van der Waals surface area contributed by atoms with Crippen molar-refractivity contribution in [2.24, 2.45) is 0 Å². The second-order valence-corrected chi connectivity index (χ2v) is 5.77. The standard InChI is InChI=1S/C15H15NO2S/c1-18-11-5-2-4-10(8-11)9-14-16-12-6-3-7-13(17)15(12)19-14/h2,4-5,8H,3,6-7,9H2,1H3. The maximum atomic E-state index is 11.8. The minimum Gasteiger partial charge on any atom is -0.497 e. The zero-order valence-corrected chi connectivity index (χ0v) is 11.6. The van der Waals surface area contributed by atoms with E-state index in [1.54, 1.807) is 18.4 Å². The van der Waals surface area contributed by atoms with E-state index in [0.717, 1.165) is 46.2 Å². The summed E-state index contributed by atoms with van der Waals surface area (Å²) in [5.41, 5.74) is 2.16. The Bertz CT molecular complexity index is 618. The van der Waals surface area contributed by atoms with Crippen molar-refractivity contribution >= 4 is 17.1 Å². The third-order valence-electron chi connectivity index (χ3n) is 3.30. The van der Waals surface area contributed by atoms with Gasteiger partial charge >= 0.3 is 0 Å². The number of methoxy groups -OCH3 is 1. The van der Waals surface area contributed by atoms with E-state index in [-0.39, 0.29) is 5.78 Å². The number of carbonyl (C=O) groups is 1. The molecule has 0 amide bonds. The zero-order valence-electron chi connectivity index (χ0n) is 10.8. The van der Waals surface area contributed by atoms with E-state index in [2.05, 4.69) is 11.1 Å². The number of ketones is 1. The molecule has 0 bridgehead atoms. The molecule has 0 atom stereocenters. The molecule has 3 rings (SSSR count). The number of nitrogens with zero attached hydrogens (tertiary/aromatic N) is 1. The molecule has 0 N–H and O–H groups in total. The Hall–Kier alpha value is -1.68. The first kappa shape index (κ1) is 12.4. The SMILES string of the molecule is COc1cccc(Cc2nc3c(s2)C(=O)CCC3)c1. The first-order valence-electron chi connectivity index (χ1n) is 6.41. The predicted molar refractivity (Wildman–Crippen MR) is 75.2 cm³/mol. The number of Topliss-reactive ketones (excluding diaryl/α,β-unsaturated/α-hetero) is 1. The molecule has 0 aliphatic heterocycles. The number of hydrogen-bond donors (Lipinski definition) is 0. The van der Waals surface area contributed by atoms with Crippen LogP contribution < -0.4 is 4.74 Å². The van der Waals surface area contributed by atoms with Crippen LogP contribution in [0.3, 0.4) is 0 Å². The van der Waals surface area contributed by atoms with Gasteiger partial charge in [-0.15, -0.1) is 11.3 Å². The van der Waals surface area contributed by atoms with Crippen LogP contribution in [-0.4, -0.2) is 17.9 Å². The highest BCUT2D eigenvalue weighted by Gasteiger charge is 2.21. The summed E-state index contributed by atoms with van der Waals surface area (Å²) in [4.78, 5) is 17.3. The summed E-state index contributed by atoms with van der Waals surface area (Å²) in [7, 11) is 1.67. The largest absolute Gasteiger partial charge is 0.497 e. The fourth-order valence-electron chi connectivity index (χ4n) is 2.35. The van der Waals surface area contributed by atoms with E-state index in [9.17, 15) is 4.79 Å². The van der Waals surface area contributed by atoms with Crippen LogP contribution in [0.15, 0.2) is 24.3 Å². The summed E-state index contributed by atoms with van der Waals surface area (Å²) >= 11 is 1.55. The molecule has 0 fully saturated rings. The molecular weight excluding hydrogens is 258 g/mol. The molecule has 0 saturated carbocycles. The Balaban J connectivity index is 1.85. The highest BCUT2D eigenvalue weighted by molar-refractivity contribution is 7.13. The Kier molecular flexibility index (Phi) is 3.34. The van der Waals surface area contributed by atoms with Crippen LogP contribution in [0.1, 0.15) is 38.8 Å². The Labute approximate surface area is 116 Å². The molecule has 0 spiro atoms. The monoisotopic (exact) mass is 273 g/mol. The average molecular weight is 273 g/mol. The lowest BCUT2D eigenvalue weighted by Gasteiger charge is -2.06. The van der Waals surface area contributed by atoms with Crippen molar-refractivity contribution in [3.8, 4) is 5.75 Å². The molecular formula is C15H15NO2S. The van der Waals surface area contributed by atoms with Gasteiger partial charge in [0, 0.05) is 12.8 Å². The molecule has 19 heavy (non-hydrogen) atoms. The third kappa shape index (κ3) is 2.54. The van der Waals surface area contributed by atoms with Gasteiger partial charge in [-0.1, -0.05) is 12.1 Å². The summed E-state index contributed by atoms with van der Waals surface area (Å²) in [5.74, 6) is 1.12. The van der Waals surface area contributed by atoms with Crippen molar-refractivity contribution < 1.29 is 9.53 Å². The number of carbonyl (C=O) groups excluding carboxylic acids is 1. The molecule has 1 aliphatic carbocycles. The van der Waals surface area contributed by atoms with E-state index >= 15 is 0 Å². The molecule has 0 unspecified atom stereocenters. The minimum atomic E-state index is 0.260. The second kappa shape index (κ2) is 5.13. The number of aryl methyl sites for hydroxylation is 1. The summed E-state index contributed by atoms with van der Waals surface area (Å²) in [6, 6.07) is 7.99. The normalized spacial score (nSPS) is 14.3. The van der Waals surface area contributed by atoms with E-state index in [0.29, 0.717) is 6.42 Å². The number of hydrogen-bond acceptors (Lipinski definition) is 4. The molecule has 4 heteroatoms. The maximum absolute atomic E-state index is 11.8. The highest BCUT2D eigenvalue weighted by Crippen LogP contribution is 2.28. The van der Waals surface area contributed by atoms with Crippen LogP contribution >= 0.6 is 11.3 Å². The number of thiazole rings is 1. The van der Waals surface area contributed by atoms with Gasteiger partial charge in [0.1, 0.15) is 5.75 Å². The van der Waals surface area contributed by atoms with Gasteiger partial charge in [-0.3, -0.25) is 4.79 Å². The van der Waals surface area contributed by atoms with E-state index in [4.69, 9.17) is 4.74 Å². The molecule has 98 valence electrons. The molecule has 0 radical (unpaired) electrons. The van der Waals surface area contributed by atoms with Crippen LogP contribution in [0.5, 0.6) is 5.75 Å². The van der Waals surface area contributed by atoms with Gasteiger partial charge < -0.3 is 4.74 Å². The van der Waals surface area contributed by atoms with Crippen molar-refractivity contribution in [3.63, 3.8) is 0 Å². The molecule has 3 nitrogen and oxygen atoms in total. The van der Waals surface area contributed by atoms with Crippen molar-refractivity contribution in [3.05, 3.63) is 45.4 Å². The Morgan fingerprint density at radius 1 is 1.37 bits per heavy atom. The lowest BCUT2D eigenvalue weighted by atomic mass is 10.0. The number of benzene rings is 1. The van der Waals surface area contributed by atoms with Gasteiger partial charge in [-0.05, 0) is 30.5 Å². The highest BCUT2D eigenvalue weighted by atomic mass is 32.1. The van der Waals surface area contributed by atoms with Gasteiger partial charge in [0.15, 0.2) is 5.78 Å². The van der Waals surface area contributed by atoms with Crippen LogP contribution in [0, 0.1) is 0 Å². The summed E-state index contributed by atoms with van der Waals surface area (Å²) < 4.78 is 5.22. The molecule has 1 aliphatic rings. The predicted octanol–water partition coefficient (Wildman–Crippen LogP) is 3.26. The maximum Gasteiger partial charge on any atom is 0.174 e. The van der Waals surface area contributed by atoms with Crippen LogP contribution in [-0.2, 0) is 12.8 Å². The van der Waals surface area contributed by atoms with Crippen LogP contribution in [0.4, 0.5) is 0 Å². The van der Waals surface area contributed by atoms with Crippen molar-refractivity contribution in [1.82, 2.24) is 4.98 Å². The topological polar surface area (TPSA) is 39.2 Å². The smallest absolute Gasteiger partial charge is 0.174 e. The summed E-state index contributed by atoms with van der Waals surface area (Å²) in [6.45, 7) is 0. The fraction of sp³-hybridized carbons (Fsp3) is 0.333. The van der Waals surface area contributed by atoms with Crippen LogP contribution in [0.25, 0.3) is 0 Å². The van der Waals surface area contributed by atoms with E-state index in [1.165, 1.54) is 0 Å². The van der Waals surface area contributed by atoms with Gasteiger partial charge in [0.25, 0.3) is 0 Å². The van der Waals surface area contributed by atoms with Crippen molar-refractivity contribution in [2.45, 2.75) is 25.7 Å². The molecule has 2 aromatic rings. The summed E-state index contributed by atoms with van der Waals surface area (Å²) in [6.07, 6.45) is 3.32. The van der Waals surface area contributed by atoms with Gasteiger partial charge in [-0.25, -0.2) is 4.98 Å². The fourth-order valence-corrected chi connectivity index (χ4v) is 3.46. The summed E-state index contributed by atoms with van der Waals surface area (Å²) in [5, 5.41) is 1.02. The lowest BCUT2D eigenvalue weighted by Crippen LogP contribution is -2.07. The Morgan fingerprint density at radius 2 is 2.26 bits per heavy atom. The molecule has 1 aromatic carbocycles. The third-order valence-corrected chi connectivity index (χ3v) is 4.44. The van der Waals surface area contributed by atoms with Gasteiger partial charge in [0.05, 0.1) is 22.7 Å². The first-order chi connectivity index (χ1) is 9.26.